The van der Waals surface area contributed by atoms with Crippen molar-refractivity contribution < 1.29 is 8.36 Å². The first-order valence-electron chi connectivity index (χ1n) is 19.4. The van der Waals surface area contributed by atoms with Crippen molar-refractivity contribution in [3.63, 3.8) is 0 Å². The second-order valence-corrected chi connectivity index (χ2v) is 118. The summed E-state index contributed by atoms with van der Waals surface area (Å²) in [6, 6.07) is 0. The van der Waals surface area contributed by atoms with Gasteiger partial charge < -0.3 is 0 Å². The molecule has 0 bridgehead atoms. The Labute approximate surface area is 284 Å². The maximum absolute atomic E-state index is 9.64. The van der Waals surface area contributed by atoms with Crippen LogP contribution in [0, 0.1) is 0 Å². The van der Waals surface area contributed by atoms with Crippen molar-refractivity contribution in [3.8, 4) is 0 Å². The van der Waals surface area contributed by atoms with Crippen LogP contribution in [-0.2, 0) is 8.36 Å². The van der Waals surface area contributed by atoms with Gasteiger partial charge in [0.25, 0.3) is 0 Å². The van der Waals surface area contributed by atoms with Gasteiger partial charge in [-0.05, 0) is 0 Å². The van der Waals surface area contributed by atoms with Gasteiger partial charge in [-0.25, -0.2) is 0 Å². The maximum atomic E-state index is 9.64. The van der Waals surface area contributed by atoms with Gasteiger partial charge >= 0.3 is 287 Å². The summed E-state index contributed by atoms with van der Waals surface area (Å²) in [5.74, 6) is 0. The molecular weight excluding hydrogens is 824 g/mol. The van der Waals surface area contributed by atoms with Crippen LogP contribution in [0.4, 0.5) is 0 Å². The molecule has 0 aliphatic rings. The minimum absolute atomic E-state index is 1.25. The molecule has 0 atom stereocenters. The molecule has 0 aliphatic carbocycles. The number of unbranched alkanes of at least 4 members (excludes halogenated alkanes) is 9. The average molecular weight is 909 g/mol. The molecule has 43 heavy (non-hydrogen) atoms. The zero-order valence-electron chi connectivity index (χ0n) is 31.1. The summed E-state index contributed by atoms with van der Waals surface area (Å²) < 4.78 is 0. The van der Waals surface area contributed by atoms with Crippen LogP contribution in [0.2, 0.25) is 0 Å². The van der Waals surface area contributed by atoms with Crippen LogP contribution in [0.5, 0.6) is 0 Å². The Hall–Kier alpha value is 2.81. The van der Waals surface area contributed by atoms with E-state index in [4.69, 9.17) is 0 Å². The number of halogens is 3. The van der Waals surface area contributed by atoms with Crippen molar-refractivity contribution in [3.05, 3.63) is 0 Å². The van der Waals surface area contributed by atoms with E-state index in [0.29, 0.717) is 0 Å². The van der Waals surface area contributed by atoms with Crippen LogP contribution >= 0.6 is 45.2 Å². The summed E-state index contributed by atoms with van der Waals surface area (Å²) in [6.45, 7) is 21.7. The van der Waals surface area contributed by atoms with Gasteiger partial charge in [0, 0.05) is 0 Å². The normalized spacial score (nSPS) is 16.2. The third-order valence-corrected chi connectivity index (χ3v) is 203. The van der Waals surface area contributed by atoms with E-state index >= 15 is 0 Å². The molecule has 7 heteroatoms. The van der Waals surface area contributed by atoms with Gasteiger partial charge in [0.05, 0.1) is 0 Å². The second kappa shape index (κ2) is 21.8. The molecule has 0 spiro atoms. The molecule has 0 aromatic carbocycles. The van der Waals surface area contributed by atoms with Gasteiger partial charge in [0.15, 0.2) is 0 Å². The molecule has 0 aromatic heterocycles. The van der Waals surface area contributed by atoms with Gasteiger partial charge in [-0.3, -0.25) is 0 Å². The fraction of sp³-hybridized carbons (Fsp3) is 1.00. The van der Waals surface area contributed by atoms with Crippen LogP contribution in [0.25, 0.3) is 0 Å². The molecule has 0 nitrogen and oxygen atoms in total. The predicted molar refractivity (Wildman–Crippen MR) is 220 cm³/mol. The molecule has 273 valence electrons. The van der Waals surface area contributed by atoms with E-state index in [1.807, 2.05) is 0 Å². The zero-order valence-corrected chi connectivity index (χ0v) is 38.7. The first kappa shape index (κ1) is 45.8. The van der Waals surface area contributed by atoms with E-state index in [9.17, 15) is 28.8 Å². The summed E-state index contributed by atoms with van der Waals surface area (Å²) in [7, 11) is 23.5. The molecule has 0 aliphatic heterocycles. The topological polar surface area (TPSA) is 0 Å². The Morgan fingerprint density at radius 3 is 0.488 bits per heavy atom. The molecule has 0 saturated carbocycles. The first-order chi connectivity index (χ1) is 20.4. The van der Waals surface area contributed by atoms with Crippen LogP contribution in [0.3, 0.4) is 0 Å². The van der Waals surface area contributed by atoms with Gasteiger partial charge in [-0.1, -0.05) is 0 Å². The first-order valence-corrected chi connectivity index (χ1v) is 46.5. The predicted octanol–water partition coefficient (Wildman–Crippen LogP) is 15.9. The molecule has 0 heterocycles. The Morgan fingerprint density at radius 1 is 0.279 bits per heavy atom. The fourth-order valence-corrected chi connectivity index (χ4v) is 229. The monoisotopic (exact) mass is 907 g/mol. The Bertz CT molecular complexity index is 566. The molecule has 0 aromatic rings. The zero-order chi connectivity index (χ0) is 33.0. The third kappa shape index (κ3) is 9.53. The quantitative estimate of drug-likeness (QED) is 0.0630. The van der Waals surface area contributed by atoms with Crippen LogP contribution in [0.15, 0.2) is 0 Å². The fourth-order valence-electron chi connectivity index (χ4n) is 8.22. The molecular formula is C36H84Cl3IrP3. The number of rotatable bonds is 30. The molecule has 0 unspecified atom stereocenters. The Kier molecular flexibility index (Phi) is 23.2. The van der Waals surface area contributed by atoms with E-state index in [1.165, 1.54) is 171 Å². The number of hydrogen-bond acceptors (Lipinski definition) is 0. The molecule has 0 fully saturated rings. The summed E-state index contributed by atoms with van der Waals surface area (Å²) in [5.41, 5.74) is -6.97. The minimum atomic E-state index is -5.43. The van der Waals surface area contributed by atoms with Crippen molar-refractivity contribution in [2.45, 2.75) is 178 Å². The van der Waals surface area contributed by atoms with Gasteiger partial charge in [0.1, 0.15) is 0 Å². The Balaban J connectivity index is 8.82. The number of hydrogen-bond donors (Lipinski definition) is 0. The Morgan fingerprint density at radius 2 is 0.395 bits per heavy atom. The van der Waals surface area contributed by atoms with E-state index in [0.717, 1.165) is 0 Å². The molecule has 0 radical (unpaired) electrons. The summed E-state index contributed by atoms with van der Waals surface area (Å²) in [4.78, 5) is 0. The third-order valence-electron chi connectivity index (χ3n) is 11.0. The van der Waals surface area contributed by atoms with Crippen molar-refractivity contribution in [2.24, 2.45) is 0 Å². The summed E-state index contributed by atoms with van der Waals surface area (Å²) in [5, 5.41) is 0. The van der Waals surface area contributed by atoms with E-state index in [1.54, 1.807) is 0 Å². The SMILES string of the molecule is CCCC[PH](CCCC)(CCCC)[Ir]([Cl])([Cl])([Cl])([PH](CCCC)(CCCC)CCCC)[PH](CCCC)(CCCC)CCCC. The van der Waals surface area contributed by atoms with Gasteiger partial charge in [0.2, 0.25) is 0 Å². The average Bonchev–Trinajstić information content (AvgIpc) is 2.99. The standard InChI is InChI=1S/3C12H27P.3ClH.Ir/c3*1-4-7-10-13(11-8-5-2)12-9-6-3;;;;/h3*4-12H2,1-3H3;3*1H;. The molecule has 0 saturated heterocycles. The van der Waals surface area contributed by atoms with Crippen LogP contribution < -0.4 is 0 Å². The van der Waals surface area contributed by atoms with Crippen LogP contribution in [-0.4, -0.2) is 55.5 Å². The second-order valence-electron chi connectivity index (χ2n) is 14.2. The van der Waals surface area contributed by atoms with Crippen molar-refractivity contribution in [1.29, 1.82) is 0 Å². The van der Waals surface area contributed by atoms with Gasteiger partial charge in [-0.15, -0.1) is 0 Å². The summed E-state index contributed by atoms with van der Waals surface area (Å²) >= 11 is 0. The molecule has 0 amide bonds. The van der Waals surface area contributed by atoms with Crippen molar-refractivity contribution in [2.75, 3.05) is 55.5 Å². The van der Waals surface area contributed by atoms with E-state index < -0.39 is 24.9 Å². The van der Waals surface area contributed by atoms with Crippen LogP contribution in [0.1, 0.15) is 178 Å². The molecule has 0 N–H and O–H groups in total. The van der Waals surface area contributed by atoms with E-state index in [2.05, 4.69) is 62.3 Å². The summed E-state index contributed by atoms with van der Waals surface area (Å²) in [6.07, 6.45) is 35.0. The van der Waals surface area contributed by atoms with Crippen molar-refractivity contribution >= 4 is 45.2 Å². The molecule has 0 rings (SSSR count). The van der Waals surface area contributed by atoms with Gasteiger partial charge in [-0.2, -0.15) is 0 Å². The van der Waals surface area contributed by atoms with E-state index in [-0.39, 0.29) is 0 Å². The van der Waals surface area contributed by atoms with Crippen molar-refractivity contribution in [1.82, 2.24) is 0 Å².